The number of hydrogen-bond acceptors (Lipinski definition) is 10. The van der Waals surface area contributed by atoms with E-state index in [9.17, 15) is 43.2 Å². The molecule has 0 aliphatic heterocycles. The first kappa shape index (κ1) is 53.4. The number of nitrogens with zero attached hydrogens (tertiary/aromatic N) is 4. The normalized spacial score (nSPS) is 14.5. The van der Waals surface area contributed by atoms with Crippen molar-refractivity contribution < 1.29 is 48.3 Å². The molecule has 0 saturated heterocycles. The Kier molecular flexibility index (Phi) is 22.1. The van der Waals surface area contributed by atoms with Crippen molar-refractivity contribution in [2.24, 2.45) is 11.8 Å². The number of carbonyl (C=O) groups is 9. The van der Waals surface area contributed by atoms with E-state index in [4.69, 9.17) is 5.11 Å². The van der Waals surface area contributed by atoms with Crippen molar-refractivity contribution >= 4 is 53.2 Å². The van der Waals surface area contributed by atoms with E-state index in [2.05, 4.69) is 26.6 Å². The summed E-state index contributed by atoms with van der Waals surface area (Å²) in [5.41, 5.74) is 0.747. The van der Waals surface area contributed by atoms with E-state index >= 15 is 0 Å². The average Bonchev–Trinajstić information content (AvgIpc) is 3.20. The molecular formula is C42H69N9O10. The van der Waals surface area contributed by atoms with Gasteiger partial charge in [0.2, 0.25) is 47.3 Å². The Labute approximate surface area is 360 Å². The largest absolute Gasteiger partial charge is 0.480 e. The lowest BCUT2D eigenvalue weighted by atomic mass is 10.0. The monoisotopic (exact) mass is 860 g/mol. The molecule has 0 unspecified atom stereocenters. The predicted octanol–water partition coefficient (Wildman–Crippen LogP) is -0.416. The number of benzene rings is 1. The molecule has 0 aromatic heterocycles. The van der Waals surface area contributed by atoms with Gasteiger partial charge in [0.1, 0.15) is 42.8 Å². The summed E-state index contributed by atoms with van der Waals surface area (Å²) >= 11 is 0. The first-order valence-corrected chi connectivity index (χ1v) is 20.5. The smallest absolute Gasteiger partial charge is 0.323 e. The quantitative estimate of drug-likeness (QED) is 0.0780. The molecule has 6 N–H and O–H groups in total. The minimum absolute atomic E-state index is 0.0812. The first-order chi connectivity index (χ1) is 28.3. The minimum atomic E-state index is -1.22. The first-order valence-electron chi connectivity index (χ1n) is 20.5. The van der Waals surface area contributed by atoms with Crippen molar-refractivity contribution in [3.05, 3.63) is 35.9 Å². The molecule has 0 aliphatic rings. The number of carboxylic acids is 1. The third kappa shape index (κ3) is 17.1. The molecule has 61 heavy (non-hydrogen) atoms. The number of carbonyl (C=O) groups excluding carboxylic acids is 8. The van der Waals surface area contributed by atoms with Gasteiger partial charge in [-0.3, -0.25) is 43.2 Å². The standard InChI is InChI=1S/C42H69N9O10/c1-24(2)19-31(43-9)38(57)46-27(6)41(60)51(13)33(21-30-17-15-14-16-18-30)39(58)44-22-34(52)49(11)28(7)37(56)47-32(20-25(3)4)42(61)50(12)29(8)36(55)45-26(5)40(59)48(10)23-35(53)54/h14-18,24-29,31-33,43H,19-23H2,1-13H3,(H,44,58)(H,45,55)(H,46,57)(H,47,56)(H,53,54)/t26-,27-,28-,29-,31-,32-,33-/m0/s1. The number of nitrogens with one attached hydrogen (secondary N) is 5. The summed E-state index contributed by atoms with van der Waals surface area (Å²) in [6.45, 7) is 12.4. The van der Waals surface area contributed by atoms with Gasteiger partial charge in [-0.2, -0.15) is 0 Å². The fraction of sp³-hybridized carbons (Fsp3) is 0.643. The lowest BCUT2D eigenvalue weighted by Crippen LogP contribution is -2.58. The average molecular weight is 860 g/mol. The van der Waals surface area contributed by atoms with Crippen molar-refractivity contribution in [1.82, 2.24) is 46.2 Å². The van der Waals surface area contributed by atoms with Gasteiger partial charge >= 0.3 is 5.97 Å². The van der Waals surface area contributed by atoms with Gasteiger partial charge in [-0.1, -0.05) is 58.0 Å². The number of carboxylic acid groups (broad SMARTS) is 1. The third-order valence-electron chi connectivity index (χ3n) is 10.4. The summed E-state index contributed by atoms with van der Waals surface area (Å²) in [4.78, 5) is 122. The van der Waals surface area contributed by atoms with Crippen LogP contribution in [0.3, 0.4) is 0 Å². The third-order valence-corrected chi connectivity index (χ3v) is 10.4. The molecule has 1 aromatic rings. The Bertz CT molecular complexity index is 1690. The maximum atomic E-state index is 13.7. The van der Waals surface area contributed by atoms with Crippen LogP contribution < -0.4 is 26.6 Å². The zero-order valence-corrected chi connectivity index (χ0v) is 38.0. The fourth-order valence-corrected chi connectivity index (χ4v) is 6.31. The molecule has 1 rings (SSSR count). The fourth-order valence-electron chi connectivity index (χ4n) is 6.31. The zero-order valence-electron chi connectivity index (χ0n) is 38.0. The molecular weight excluding hydrogens is 791 g/mol. The van der Waals surface area contributed by atoms with Gasteiger partial charge < -0.3 is 51.3 Å². The summed E-state index contributed by atoms with van der Waals surface area (Å²) in [7, 11) is 7.14. The van der Waals surface area contributed by atoms with E-state index in [0.717, 1.165) is 20.3 Å². The maximum absolute atomic E-state index is 13.7. The molecule has 0 heterocycles. The molecule has 0 saturated carbocycles. The predicted molar refractivity (Wildman–Crippen MR) is 228 cm³/mol. The lowest BCUT2D eigenvalue weighted by molar-refractivity contribution is -0.146. The summed E-state index contributed by atoms with van der Waals surface area (Å²) < 4.78 is 0. The number of amides is 8. The molecule has 7 atom stereocenters. The van der Waals surface area contributed by atoms with Crippen LogP contribution in [0.4, 0.5) is 0 Å². The topological polar surface area (TPSA) is 247 Å². The molecule has 1 aromatic carbocycles. The summed E-state index contributed by atoms with van der Waals surface area (Å²) in [5, 5.41) is 22.5. The van der Waals surface area contributed by atoms with Crippen LogP contribution in [0.5, 0.6) is 0 Å². The van der Waals surface area contributed by atoms with Gasteiger partial charge in [0.15, 0.2) is 0 Å². The van der Waals surface area contributed by atoms with Crippen LogP contribution in [0.2, 0.25) is 0 Å². The van der Waals surface area contributed by atoms with Crippen LogP contribution in [0.15, 0.2) is 30.3 Å². The Morgan fingerprint density at radius 3 is 1.61 bits per heavy atom. The summed E-state index contributed by atoms with van der Waals surface area (Å²) in [6, 6.07) is 2.04. The van der Waals surface area contributed by atoms with E-state index < -0.39 is 103 Å². The van der Waals surface area contributed by atoms with E-state index in [0.29, 0.717) is 6.42 Å². The van der Waals surface area contributed by atoms with Crippen LogP contribution in [0, 0.1) is 11.8 Å². The molecule has 0 spiro atoms. The molecule has 342 valence electrons. The van der Waals surface area contributed by atoms with Gasteiger partial charge in [-0.05, 0) is 65.0 Å². The van der Waals surface area contributed by atoms with Gasteiger partial charge in [-0.25, -0.2) is 0 Å². The highest BCUT2D eigenvalue weighted by atomic mass is 16.4. The van der Waals surface area contributed by atoms with Gasteiger partial charge in [0.25, 0.3) is 0 Å². The van der Waals surface area contributed by atoms with Crippen molar-refractivity contribution in [3.8, 4) is 0 Å². The highest BCUT2D eigenvalue weighted by Crippen LogP contribution is 2.13. The molecule has 0 radical (unpaired) electrons. The van der Waals surface area contributed by atoms with Gasteiger partial charge in [-0.15, -0.1) is 0 Å². The van der Waals surface area contributed by atoms with Crippen LogP contribution >= 0.6 is 0 Å². The Morgan fingerprint density at radius 2 is 1.08 bits per heavy atom. The van der Waals surface area contributed by atoms with E-state index in [1.54, 1.807) is 31.3 Å². The maximum Gasteiger partial charge on any atom is 0.323 e. The zero-order chi connectivity index (χ0) is 46.9. The second kappa shape index (κ2) is 25.2. The number of hydrogen-bond donors (Lipinski definition) is 6. The molecule has 19 nitrogen and oxygen atoms in total. The molecule has 0 fully saturated rings. The van der Waals surface area contributed by atoms with Crippen molar-refractivity contribution in [2.75, 3.05) is 48.3 Å². The molecule has 8 amide bonds. The Morgan fingerprint density at radius 1 is 0.590 bits per heavy atom. The Hall–Kier alpha value is -5.59. The minimum Gasteiger partial charge on any atom is -0.480 e. The van der Waals surface area contributed by atoms with Crippen LogP contribution in [-0.2, 0) is 49.6 Å². The number of likely N-dealkylation sites (N-methyl/N-ethyl adjacent to an activating group) is 5. The SMILES string of the molecule is CN[C@@H](CC(C)C)C(=O)N[C@@H](C)C(=O)N(C)[C@@H](Cc1ccccc1)C(=O)NCC(=O)N(C)[C@@H](C)C(=O)N[C@@H](CC(C)C)C(=O)N(C)[C@@H](C)C(=O)N[C@@H](C)C(=O)N(C)CC(=O)O. The molecule has 0 aliphatic carbocycles. The van der Waals surface area contributed by atoms with Crippen LogP contribution in [-0.4, -0.2) is 169 Å². The van der Waals surface area contributed by atoms with E-state index in [1.165, 1.54) is 60.8 Å². The van der Waals surface area contributed by atoms with Crippen molar-refractivity contribution in [2.45, 2.75) is 117 Å². The second-order valence-electron chi connectivity index (χ2n) is 16.4. The van der Waals surface area contributed by atoms with Crippen molar-refractivity contribution in [3.63, 3.8) is 0 Å². The van der Waals surface area contributed by atoms with Crippen molar-refractivity contribution in [1.29, 1.82) is 0 Å². The summed E-state index contributed by atoms with van der Waals surface area (Å²) in [6.07, 6.45) is 0.841. The highest BCUT2D eigenvalue weighted by Gasteiger charge is 2.35. The molecule has 0 bridgehead atoms. The number of rotatable bonds is 24. The Balaban J connectivity index is 3.07. The molecule has 19 heteroatoms. The number of aliphatic carboxylic acids is 1. The van der Waals surface area contributed by atoms with Crippen LogP contribution in [0.1, 0.15) is 73.8 Å². The van der Waals surface area contributed by atoms with Gasteiger partial charge in [0.05, 0.1) is 12.6 Å². The highest BCUT2D eigenvalue weighted by molar-refractivity contribution is 5.97. The van der Waals surface area contributed by atoms with E-state index in [-0.39, 0.29) is 30.6 Å². The lowest BCUT2D eigenvalue weighted by Gasteiger charge is -2.32. The van der Waals surface area contributed by atoms with Gasteiger partial charge in [0, 0.05) is 34.6 Å². The van der Waals surface area contributed by atoms with Crippen LogP contribution in [0.25, 0.3) is 0 Å². The summed E-state index contributed by atoms with van der Waals surface area (Å²) in [5.74, 6) is -5.83. The van der Waals surface area contributed by atoms with E-state index in [1.807, 2.05) is 33.8 Å². The second-order valence-corrected chi connectivity index (χ2v) is 16.4.